The molecule has 0 saturated carbocycles. The molecule has 0 aliphatic carbocycles. The SMILES string of the molecule is [O]=[Pd].[O]=[Y]. The molecule has 4 heteroatoms. The molecule has 0 rings (SSSR count). The standard InChI is InChI=1S/2O.Pd.Y. The van der Waals surface area contributed by atoms with E-state index in [1.54, 1.807) is 0 Å². The van der Waals surface area contributed by atoms with E-state index in [0.29, 0.717) is 0 Å². The molecule has 0 atom stereocenters. The van der Waals surface area contributed by atoms with Crippen molar-refractivity contribution in [3.05, 3.63) is 0 Å². The molecule has 4 heavy (non-hydrogen) atoms. The van der Waals surface area contributed by atoms with Gasteiger partial charge >= 0.3 is 55.7 Å². The third-order valence-electron chi connectivity index (χ3n) is 0. The van der Waals surface area contributed by atoms with E-state index in [2.05, 4.69) is 0 Å². The van der Waals surface area contributed by atoms with Gasteiger partial charge in [-0.25, -0.2) is 0 Å². The number of hydrogen-bond acceptors (Lipinski definition) is 2. The third-order valence-corrected chi connectivity index (χ3v) is 0. The zero-order valence-electron chi connectivity index (χ0n) is 1.71. The van der Waals surface area contributed by atoms with E-state index >= 15 is 0 Å². The van der Waals surface area contributed by atoms with Gasteiger partial charge in [-0.1, -0.05) is 0 Å². The summed E-state index contributed by atoms with van der Waals surface area (Å²) in [6.45, 7) is 0. The molecule has 0 spiro atoms. The Balaban J connectivity index is 0. The zero-order chi connectivity index (χ0) is 4.00. The van der Waals surface area contributed by atoms with Crippen LogP contribution in [0.4, 0.5) is 0 Å². The van der Waals surface area contributed by atoms with Crippen molar-refractivity contribution in [3.63, 3.8) is 0 Å². The summed E-state index contributed by atoms with van der Waals surface area (Å²) in [6, 6.07) is 0. The van der Waals surface area contributed by atoms with E-state index in [4.69, 9.17) is 5.51 Å². The second-order valence-corrected chi connectivity index (χ2v) is 0. The van der Waals surface area contributed by atoms with Crippen molar-refractivity contribution in [2.24, 2.45) is 0 Å². The second-order valence-electron chi connectivity index (χ2n) is 0. The van der Waals surface area contributed by atoms with Crippen molar-refractivity contribution in [1.82, 2.24) is 0 Å². The average Bonchev–Trinajstić information content (AvgIpc) is 1.50. The predicted octanol–water partition coefficient (Wildman–Crippen LogP) is -0.243. The first kappa shape index (κ1) is 9.03. The van der Waals surface area contributed by atoms with Crippen molar-refractivity contribution in [2.45, 2.75) is 0 Å². The molecule has 0 bridgehead atoms. The molecule has 0 amide bonds. The van der Waals surface area contributed by atoms with Gasteiger partial charge in [-0.05, 0) is 0 Å². The van der Waals surface area contributed by atoms with E-state index in [0.717, 1.165) is 0 Å². The topological polar surface area (TPSA) is 34.1 Å². The first-order valence-corrected chi connectivity index (χ1v) is 2.16. The van der Waals surface area contributed by atoms with Crippen molar-refractivity contribution in [3.8, 4) is 0 Å². The quantitative estimate of drug-likeness (QED) is 0.535. The van der Waals surface area contributed by atoms with Crippen LogP contribution in [0.1, 0.15) is 0 Å². The molecule has 0 aromatic rings. The molecule has 25 valence electrons. The fourth-order valence-electron chi connectivity index (χ4n) is 0. The van der Waals surface area contributed by atoms with Gasteiger partial charge in [0.05, 0.1) is 0 Å². The van der Waals surface area contributed by atoms with Crippen LogP contribution in [0.2, 0.25) is 0 Å². The normalized spacial score (nSPS) is 3.00. The van der Waals surface area contributed by atoms with E-state index in [1.807, 2.05) is 0 Å². The minimum atomic E-state index is 0.100. The Kier molecular flexibility index (Phi) is 59.8. The fourth-order valence-corrected chi connectivity index (χ4v) is 0. The summed E-state index contributed by atoms with van der Waals surface area (Å²) in [4.78, 5) is 0. The molecule has 0 aromatic carbocycles. The van der Waals surface area contributed by atoms with E-state index in [9.17, 15) is 0 Å². The van der Waals surface area contributed by atoms with Gasteiger partial charge in [-0.2, -0.15) is 0 Å². The van der Waals surface area contributed by atoms with Crippen molar-refractivity contribution < 1.29 is 55.7 Å². The molecule has 0 heterocycles. The van der Waals surface area contributed by atoms with Crippen LogP contribution in [0.15, 0.2) is 0 Å². The van der Waals surface area contributed by atoms with Crippen molar-refractivity contribution >= 4 is 0 Å². The first-order valence-electron chi connectivity index (χ1n) is 0.365. The zero-order valence-corrected chi connectivity index (χ0v) is 6.10. The third kappa shape index (κ3) is 10.1. The molecule has 0 N–H and O–H groups in total. The van der Waals surface area contributed by atoms with Crippen molar-refractivity contribution in [2.75, 3.05) is 0 Å². The van der Waals surface area contributed by atoms with Crippen LogP contribution in [-0.4, -0.2) is 0 Å². The molecule has 0 fully saturated rings. The summed E-state index contributed by atoms with van der Waals surface area (Å²) in [5.74, 6) is 0. The average molecular weight is 227 g/mol. The van der Waals surface area contributed by atoms with Crippen LogP contribution in [0.3, 0.4) is 0 Å². The summed E-state index contributed by atoms with van der Waals surface area (Å²) < 4.78 is 16.5. The molecule has 0 radical (unpaired) electrons. The van der Waals surface area contributed by atoms with Crippen LogP contribution in [0, 0.1) is 0 Å². The Morgan fingerprint density at radius 3 is 1.25 bits per heavy atom. The second kappa shape index (κ2) is 26.5. The summed E-state index contributed by atoms with van der Waals surface area (Å²) in [6.07, 6.45) is 0. The monoisotopic (exact) mass is 227 g/mol. The van der Waals surface area contributed by atoms with Gasteiger partial charge < -0.3 is 0 Å². The van der Waals surface area contributed by atoms with Crippen LogP contribution in [0.25, 0.3) is 0 Å². The summed E-state index contributed by atoms with van der Waals surface area (Å²) in [5, 5.41) is 0. The van der Waals surface area contributed by atoms with Crippen LogP contribution in [-0.2, 0) is 55.7 Å². The molecule has 0 aliphatic rings. The van der Waals surface area contributed by atoms with Gasteiger partial charge in [0.2, 0.25) is 0 Å². The van der Waals surface area contributed by atoms with Crippen LogP contribution >= 0.6 is 0 Å². The Morgan fingerprint density at radius 2 is 1.25 bits per heavy atom. The van der Waals surface area contributed by atoms with Gasteiger partial charge in [-0.15, -0.1) is 0 Å². The molecule has 2 nitrogen and oxygen atoms in total. The Hall–Kier alpha value is 1.37. The Morgan fingerprint density at radius 1 is 1.25 bits per heavy atom. The molecule has 0 saturated heterocycles. The van der Waals surface area contributed by atoms with E-state index < -0.39 is 0 Å². The van der Waals surface area contributed by atoms with E-state index in [-0.39, 0.29) is 31.0 Å². The van der Waals surface area contributed by atoms with Crippen LogP contribution < -0.4 is 0 Å². The molecular formula is O2PdY. The molecule has 0 unspecified atom stereocenters. The number of rotatable bonds is 0. The number of hydrogen-bond donors (Lipinski definition) is 0. The van der Waals surface area contributed by atoms with Gasteiger partial charge in [-0.3, -0.25) is 0 Å². The molecular weight excluding hydrogens is 227 g/mol. The van der Waals surface area contributed by atoms with Crippen molar-refractivity contribution in [1.29, 1.82) is 0 Å². The van der Waals surface area contributed by atoms with Crippen LogP contribution in [0.5, 0.6) is 0 Å². The summed E-state index contributed by atoms with van der Waals surface area (Å²) >= 11 is 1.60. The fraction of sp³-hybridized carbons (Fsp3) is 0. The predicted molar refractivity (Wildman–Crippen MR) is 1.37 cm³/mol. The summed E-state index contributed by atoms with van der Waals surface area (Å²) in [5.41, 5.74) is 0. The van der Waals surface area contributed by atoms with Gasteiger partial charge in [0.1, 0.15) is 0 Å². The van der Waals surface area contributed by atoms with Gasteiger partial charge in [0.25, 0.3) is 0 Å². The maximum atomic E-state index is 8.38. The molecule has 0 aliphatic heterocycles. The Labute approximate surface area is 55.1 Å². The first-order chi connectivity index (χ1) is 2.00. The van der Waals surface area contributed by atoms with Gasteiger partial charge in [0, 0.05) is 0 Å². The van der Waals surface area contributed by atoms with Gasteiger partial charge in [0.15, 0.2) is 0 Å². The Bertz CT molecular complexity index is 8.00. The minimum absolute atomic E-state index is 0.100. The maximum absolute atomic E-state index is 8.38. The van der Waals surface area contributed by atoms with E-state index in [1.165, 1.54) is 19.2 Å². The summed E-state index contributed by atoms with van der Waals surface area (Å²) in [7, 11) is 0. The molecule has 0 aromatic heterocycles.